The Hall–Kier alpha value is -8.40. The Morgan fingerprint density at radius 3 is 1.94 bits per heavy atom. The van der Waals surface area contributed by atoms with Crippen molar-refractivity contribution in [3.8, 4) is 5.75 Å². The third-order valence-electron chi connectivity index (χ3n) is 12.8. The number of aromatic hydroxyl groups is 1. The first-order chi connectivity index (χ1) is 38.2. The highest BCUT2D eigenvalue weighted by atomic mass is 33.1. The summed E-state index contributed by atoms with van der Waals surface area (Å²) in [7, 11) is 2.20. The molecule has 2 saturated heterocycles. The summed E-state index contributed by atoms with van der Waals surface area (Å²) in [6.07, 6.45) is -1.49. The fourth-order valence-corrected chi connectivity index (χ4v) is 11.0. The number of carbonyl (C=O) groups excluding carboxylic acids is 11. The van der Waals surface area contributed by atoms with Gasteiger partial charge in [0.25, 0.3) is 0 Å². The van der Waals surface area contributed by atoms with E-state index in [-0.39, 0.29) is 68.4 Å². The minimum absolute atomic E-state index is 0.00721. The number of primary amides is 3. The maximum absolute atomic E-state index is 15.0. The van der Waals surface area contributed by atoms with Gasteiger partial charge in [-0.25, -0.2) is 0 Å². The number of guanidine groups is 1. The number of carbonyl (C=O) groups is 11. The van der Waals surface area contributed by atoms with Crippen LogP contribution in [0, 0.1) is 0 Å². The second-order valence-corrected chi connectivity index (χ2v) is 21.5. The van der Waals surface area contributed by atoms with Crippen LogP contribution in [0.15, 0.2) is 89.9 Å². The molecule has 26 nitrogen and oxygen atoms in total. The number of hydrogen-bond donors (Lipinski definition) is 13. The molecule has 0 unspecified atom stereocenters. The first-order valence-electron chi connectivity index (χ1n) is 25.6. The summed E-state index contributed by atoms with van der Waals surface area (Å²) in [6.45, 7) is -0.420. The molecule has 28 heteroatoms. The molecule has 18 N–H and O–H groups in total. The van der Waals surface area contributed by atoms with Crippen molar-refractivity contribution in [2.24, 2.45) is 33.7 Å². The van der Waals surface area contributed by atoms with E-state index in [0.717, 1.165) is 21.6 Å². The molecule has 80 heavy (non-hydrogen) atoms. The zero-order chi connectivity index (χ0) is 58.3. The van der Waals surface area contributed by atoms with Crippen LogP contribution in [0.4, 0.5) is 0 Å². The van der Waals surface area contributed by atoms with Gasteiger partial charge in [0.15, 0.2) is 5.96 Å². The summed E-state index contributed by atoms with van der Waals surface area (Å²) >= 11 is 0. The maximum Gasteiger partial charge on any atom is 0.246 e. The molecule has 2 aliphatic heterocycles. The number of amides is 11. The van der Waals surface area contributed by atoms with Gasteiger partial charge in [0.2, 0.25) is 65.0 Å². The molecule has 0 saturated carbocycles. The molecule has 2 aliphatic rings. The predicted octanol–water partition coefficient (Wildman–Crippen LogP) is -2.75. The third kappa shape index (κ3) is 19.8. The normalized spacial score (nSPS) is 21.0. The van der Waals surface area contributed by atoms with Gasteiger partial charge in [-0.3, -0.25) is 57.7 Å². The Bertz CT molecular complexity index is 2680. The van der Waals surface area contributed by atoms with E-state index in [1.165, 1.54) is 29.2 Å². The van der Waals surface area contributed by atoms with Crippen molar-refractivity contribution in [2.75, 3.05) is 31.1 Å². The van der Waals surface area contributed by atoms with Crippen LogP contribution < -0.4 is 65.9 Å². The summed E-state index contributed by atoms with van der Waals surface area (Å²) in [5.41, 5.74) is 28.9. The van der Waals surface area contributed by atoms with Crippen molar-refractivity contribution in [3.63, 3.8) is 0 Å². The minimum Gasteiger partial charge on any atom is -0.508 e. The van der Waals surface area contributed by atoms with Crippen molar-refractivity contribution in [1.29, 1.82) is 0 Å². The monoisotopic (exact) mass is 1140 g/mol. The third-order valence-corrected chi connectivity index (χ3v) is 15.2. The smallest absolute Gasteiger partial charge is 0.246 e. The number of phenols is 1. The lowest BCUT2D eigenvalue weighted by atomic mass is 9.84. The zero-order valence-corrected chi connectivity index (χ0v) is 45.3. The molecule has 0 aliphatic carbocycles. The van der Waals surface area contributed by atoms with Gasteiger partial charge in [-0.05, 0) is 60.9 Å². The van der Waals surface area contributed by atoms with Crippen LogP contribution in [0.25, 0.3) is 0 Å². The van der Waals surface area contributed by atoms with Crippen LogP contribution in [0.1, 0.15) is 74.0 Å². The lowest BCUT2D eigenvalue weighted by Gasteiger charge is -2.31. The Morgan fingerprint density at radius 1 is 0.713 bits per heavy atom. The fraction of sp³-hybridized carbons (Fsp3) is 0.423. The number of nitrogens with zero attached hydrogens (tertiary/aromatic N) is 2. The highest BCUT2D eigenvalue weighted by molar-refractivity contribution is 8.76. The molecule has 2 fully saturated rings. The number of likely N-dealkylation sites (tertiary alicyclic amines) is 1. The molecule has 11 amide bonds. The van der Waals surface area contributed by atoms with Gasteiger partial charge >= 0.3 is 0 Å². The largest absolute Gasteiger partial charge is 0.508 e. The van der Waals surface area contributed by atoms with Crippen LogP contribution in [0.3, 0.4) is 0 Å². The highest BCUT2D eigenvalue weighted by Gasteiger charge is 2.41. The number of benzene rings is 3. The molecule has 2 heterocycles. The average molecular weight is 1150 g/mol. The summed E-state index contributed by atoms with van der Waals surface area (Å²) < 4.78 is 0. The molecule has 3 aromatic rings. The van der Waals surface area contributed by atoms with Gasteiger partial charge in [-0.1, -0.05) is 94.4 Å². The molecule has 7 atom stereocenters. The van der Waals surface area contributed by atoms with Gasteiger partial charge in [-0.2, -0.15) is 0 Å². The van der Waals surface area contributed by atoms with Crippen molar-refractivity contribution in [3.05, 3.63) is 102 Å². The molecule has 5 rings (SSSR count). The summed E-state index contributed by atoms with van der Waals surface area (Å²) in [5.74, 6) is -10.8. The van der Waals surface area contributed by atoms with Crippen LogP contribution in [-0.2, 0) is 59.2 Å². The zero-order valence-electron chi connectivity index (χ0n) is 43.6. The molecule has 430 valence electrons. The molecule has 0 bridgehead atoms. The summed E-state index contributed by atoms with van der Waals surface area (Å²) in [6, 6.07) is 13.3. The highest BCUT2D eigenvalue weighted by Crippen LogP contribution is 2.30. The van der Waals surface area contributed by atoms with Gasteiger partial charge in [0, 0.05) is 49.8 Å². The van der Waals surface area contributed by atoms with Gasteiger partial charge < -0.3 is 75.9 Å². The number of rotatable bonds is 20. The van der Waals surface area contributed by atoms with E-state index in [0.29, 0.717) is 23.1 Å². The fourth-order valence-electron chi connectivity index (χ4n) is 8.89. The molecule has 0 spiro atoms. The Labute approximate surface area is 468 Å². The van der Waals surface area contributed by atoms with Crippen molar-refractivity contribution >= 4 is 92.5 Å². The second kappa shape index (κ2) is 31.3. The average Bonchev–Trinajstić information content (AvgIpc) is 3.98. The molecule has 3 aromatic carbocycles. The first-order valence-corrected chi connectivity index (χ1v) is 28.1. The van der Waals surface area contributed by atoms with Crippen molar-refractivity contribution in [1.82, 2.24) is 42.1 Å². The lowest BCUT2D eigenvalue weighted by Crippen LogP contribution is -2.61. The van der Waals surface area contributed by atoms with E-state index in [2.05, 4.69) is 42.2 Å². The maximum atomic E-state index is 15.0. The SMILES string of the molecule is NC(=O)CC[C@@H]1NC(=O)[C@H](Cc2ccc(O)cc2)NC(=O)[C@H](C(c2ccccc2)c2ccccc2)NC(=O)CCSSC[C@H](C(=O)N2CCC[C@H]2C(=O)N[C@@H](CCCN=C(N)N)C(=O)NCC(N)=O)NC(=O)[C@H](CC(N)=O)NC1=O. The van der Waals surface area contributed by atoms with Gasteiger partial charge in [0.05, 0.1) is 13.0 Å². The van der Waals surface area contributed by atoms with E-state index in [1.807, 2.05) is 0 Å². The number of phenolic OH excluding ortho intramolecular Hbond substituents is 1. The Kier molecular flexibility index (Phi) is 24.4. The molecular weight excluding hydrogens is 1080 g/mol. The lowest BCUT2D eigenvalue weighted by molar-refractivity contribution is -0.142. The van der Waals surface area contributed by atoms with Gasteiger partial charge in [0.1, 0.15) is 48.0 Å². The Balaban J connectivity index is 1.52. The summed E-state index contributed by atoms with van der Waals surface area (Å²) in [4.78, 5) is 156. The van der Waals surface area contributed by atoms with Crippen LogP contribution in [-0.4, -0.2) is 154 Å². The predicted molar refractivity (Wildman–Crippen MR) is 297 cm³/mol. The van der Waals surface area contributed by atoms with Gasteiger partial charge in [-0.15, -0.1) is 0 Å². The second-order valence-electron chi connectivity index (χ2n) is 18.9. The summed E-state index contributed by atoms with van der Waals surface area (Å²) in [5, 5.41) is 28.3. The van der Waals surface area contributed by atoms with Crippen LogP contribution in [0.2, 0.25) is 0 Å². The van der Waals surface area contributed by atoms with E-state index in [1.54, 1.807) is 60.7 Å². The van der Waals surface area contributed by atoms with E-state index in [9.17, 15) is 57.8 Å². The van der Waals surface area contributed by atoms with E-state index >= 15 is 0 Å². The minimum atomic E-state index is -1.80. The number of hydrogen-bond acceptors (Lipinski definition) is 15. The molecule has 0 aromatic heterocycles. The Morgan fingerprint density at radius 2 is 1.32 bits per heavy atom. The quantitative estimate of drug-likeness (QED) is 0.0236. The van der Waals surface area contributed by atoms with E-state index in [4.69, 9.17) is 28.7 Å². The first kappa shape index (κ1) is 62.4. The number of aliphatic imine (C=N–C) groups is 1. The topological polar surface area (TPSA) is 438 Å². The standard InChI is InChI=1S/C52H68N14O12S2/c53-39(68)20-19-34-46(73)62-36(26-40(54)69)48(75)64-37(51(78)66-23-8-14-38(66)49(76)61-33(13-7-22-58-52(56)57)45(72)59-27-41(55)70)28-80-79-24-21-42(71)65-44(43(30-9-3-1-4-10-30)31-11-5-2-6-12-31)50(77)63-35(47(74)60-34)25-29-15-17-32(67)18-16-29/h1-6,9-12,15-18,33-38,43-44,67H,7-8,13-14,19-28H2,(H2,53,68)(H2,54,69)(H2,55,70)(H,59,72)(H,60,74)(H,61,76)(H,62,73)(H,63,77)(H,64,75)(H,65,71)(H4,56,57,58)/t33-,34-,35-,36-,37+,38-,44-/m0/s1. The molecular formula is C52H68N14O12S2. The number of nitrogens with one attached hydrogen (secondary N) is 7. The molecule has 0 radical (unpaired) electrons. The van der Waals surface area contributed by atoms with Crippen molar-refractivity contribution in [2.45, 2.75) is 106 Å². The van der Waals surface area contributed by atoms with Crippen molar-refractivity contribution < 1.29 is 57.8 Å². The van der Waals surface area contributed by atoms with Crippen LogP contribution in [0.5, 0.6) is 5.75 Å². The number of nitrogens with two attached hydrogens (primary N) is 5. The van der Waals surface area contributed by atoms with Crippen LogP contribution >= 0.6 is 21.6 Å². The van der Waals surface area contributed by atoms with E-state index < -0.39 is 139 Å².